The number of hydrogen-bond donors (Lipinski definition) is 1. The van der Waals surface area contributed by atoms with Gasteiger partial charge in [-0.25, -0.2) is 0 Å². The van der Waals surface area contributed by atoms with Crippen molar-refractivity contribution in [2.75, 3.05) is 6.54 Å². The Balaban J connectivity index is 0. The van der Waals surface area contributed by atoms with Gasteiger partial charge in [-0.05, 0) is 13.3 Å². The average molecular weight is 129 g/mol. The highest BCUT2D eigenvalue weighted by Crippen LogP contribution is 1.86. The molecule has 56 valence electrons. The smallest absolute Gasteiger partial charge is 0.0115 e. The molecule has 0 heterocycles. The van der Waals surface area contributed by atoms with Gasteiger partial charge in [0.1, 0.15) is 0 Å². The minimum atomic E-state index is 0.993. The van der Waals surface area contributed by atoms with Crippen LogP contribution in [0.2, 0.25) is 0 Å². The molecule has 0 aliphatic rings. The summed E-state index contributed by atoms with van der Waals surface area (Å²) in [5.41, 5.74) is 1.13. The van der Waals surface area contributed by atoms with Crippen LogP contribution >= 0.6 is 0 Å². The lowest BCUT2D eigenvalue weighted by Crippen LogP contribution is -2.09. The third-order valence-electron chi connectivity index (χ3n) is 0.854. The van der Waals surface area contributed by atoms with Crippen LogP contribution in [0.1, 0.15) is 34.1 Å². The molecular weight excluding hydrogens is 110 g/mol. The van der Waals surface area contributed by atoms with E-state index in [-0.39, 0.29) is 0 Å². The summed E-state index contributed by atoms with van der Waals surface area (Å²) >= 11 is 0. The van der Waals surface area contributed by atoms with Crippen LogP contribution in [0.25, 0.3) is 0 Å². The fourth-order valence-electron chi connectivity index (χ4n) is 0.375. The maximum atomic E-state index is 3.75. The van der Waals surface area contributed by atoms with Gasteiger partial charge in [0, 0.05) is 12.2 Å². The Morgan fingerprint density at radius 2 is 1.78 bits per heavy atom. The molecule has 1 nitrogen and oxygen atoms in total. The zero-order valence-corrected chi connectivity index (χ0v) is 7.12. The van der Waals surface area contributed by atoms with Crippen LogP contribution < -0.4 is 5.32 Å². The summed E-state index contributed by atoms with van der Waals surface area (Å²) in [6.07, 6.45) is 1.04. The summed E-state index contributed by atoms with van der Waals surface area (Å²) in [7, 11) is 0. The summed E-state index contributed by atoms with van der Waals surface area (Å²) in [6.45, 7) is 12.9. The molecule has 0 aromatic heterocycles. The van der Waals surface area contributed by atoms with Crippen molar-refractivity contribution in [2.45, 2.75) is 34.1 Å². The second kappa shape index (κ2) is 10.5. The van der Waals surface area contributed by atoms with Crippen molar-refractivity contribution >= 4 is 0 Å². The summed E-state index contributed by atoms with van der Waals surface area (Å²) in [5, 5.41) is 3.10. The molecule has 0 rings (SSSR count). The van der Waals surface area contributed by atoms with Crippen LogP contribution in [0.3, 0.4) is 0 Å². The molecule has 1 N–H and O–H groups in total. The van der Waals surface area contributed by atoms with Gasteiger partial charge < -0.3 is 5.32 Å². The molecular formula is C8H19N. The highest BCUT2D eigenvalue weighted by Gasteiger charge is 1.79. The van der Waals surface area contributed by atoms with Crippen LogP contribution in [0.5, 0.6) is 0 Å². The molecule has 0 fully saturated rings. The van der Waals surface area contributed by atoms with E-state index in [9.17, 15) is 0 Å². The van der Waals surface area contributed by atoms with Gasteiger partial charge in [0.2, 0.25) is 0 Å². The molecule has 0 saturated heterocycles. The standard InChI is InChI=1S/C6H13N.C2H6/c1-4-6(3)7-5-2;1-2/h7H,3-5H2,1-2H3;1-2H3. The molecule has 0 spiro atoms. The van der Waals surface area contributed by atoms with Gasteiger partial charge in [-0.2, -0.15) is 0 Å². The molecule has 0 aromatic carbocycles. The van der Waals surface area contributed by atoms with Gasteiger partial charge in [-0.15, -0.1) is 0 Å². The van der Waals surface area contributed by atoms with Gasteiger partial charge in [0.15, 0.2) is 0 Å². The topological polar surface area (TPSA) is 12.0 Å². The van der Waals surface area contributed by atoms with Crippen molar-refractivity contribution in [1.82, 2.24) is 5.32 Å². The summed E-state index contributed by atoms with van der Waals surface area (Å²) in [5.74, 6) is 0. The van der Waals surface area contributed by atoms with E-state index < -0.39 is 0 Å². The molecule has 0 bridgehead atoms. The largest absolute Gasteiger partial charge is 0.389 e. The first kappa shape index (κ1) is 11.4. The first-order valence-corrected chi connectivity index (χ1v) is 3.72. The molecule has 9 heavy (non-hydrogen) atoms. The Hall–Kier alpha value is -0.460. The zero-order valence-electron chi connectivity index (χ0n) is 7.12. The molecule has 0 saturated carbocycles. The maximum absolute atomic E-state index is 3.75. The molecule has 1 heteroatoms. The fourth-order valence-corrected chi connectivity index (χ4v) is 0.375. The Bertz CT molecular complexity index is 57.6. The van der Waals surface area contributed by atoms with Crippen molar-refractivity contribution < 1.29 is 0 Å². The lowest BCUT2D eigenvalue weighted by Gasteiger charge is -2.00. The second-order valence-electron chi connectivity index (χ2n) is 1.49. The molecule has 0 radical (unpaired) electrons. The van der Waals surface area contributed by atoms with Crippen LogP contribution in [0.15, 0.2) is 12.3 Å². The normalized spacial score (nSPS) is 7.11. The Morgan fingerprint density at radius 1 is 1.33 bits per heavy atom. The molecule has 0 aromatic rings. The third kappa shape index (κ3) is 11.2. The van der Waals surface area contributed by atoms with E-state index in [2.05, 4.69) is 25.7 Å². The summed E-state index contributed by atoms with van der Waals surface area (Å²) in [4.78, 5) is 0. The van der Waals surface area contributed by atoms with E-state index in [1.807, 2.05) is 13.8 Å². The highest BCUT2D eigenvalue weighted by molar-refractivity contribution is 4.87. The van der Waals surface area contributed by atoms with Gasteiger partial charge in [0.25, 0.3) is 0 Å². The molecule has 0 unspecified atom stereocenters. The molecule has 0 aliphatic heterocycles. The van der Waals surface area contributed by atoms with E-state index in [4.69, 9.17) is 0 Å². The number of hydrogen-bond acceptors (Lipinski definition) is 1. The lowest BCUT2D eigenvalue weighted by molar-refractivity contribution is 0.812. The van der Waals surface area contributed by atoms with Crippen molar-refractivity contribution in [3.63, 3.8) is 0 Å². The highest BCUT2D eigenvalue weighted by atomic mass is 14.9. The van der Waals surface area contributed by atoms with E-state index >= 15 is 0 Å². The van der Waals surface area contributed by atoms with E-state index in [0.29, 0.717) is 0 Å². The van der Waals surface area contributed by atoms with Gasteiger partial charge in [-0.3, -0.25) is 0 Å². The predicted molar refractivity (Wildman–Crippen MR) is 44.5 cm³/mol. The first-order chi connectivity index (χ1) is 4.31. The zero-order chi connectivity index (χ0) is 7.70. The van der Waals surface area contributed by atoms with Crippen LogP contribution in [-0.4, -0.2) is 6.54 Å². The fraction of sp³-hybridized carbons (Fsp3) is 0.750. The minimum Gasteiger partial charge on any atom is -0.389 e. The minimum absolute atomic E-state index is 0.993. The van der Waals surface area contributed by atoms with Crippen molar-refractivity contribution in [3.8, 4) is 0 Å². The predicted octanol–water partition coefficient (Wildman–Crippen LogP) is 2.55. The average Bonchev–Trinajstić information content (AvgIpc) is 1.93. The second-order valence-corrected chi connectivity index (χ2v) is 1.49. The quantitative estimate of drug-likeness (QED) is 0.617. The van der Waals surface area contributed by atoms with Crippen LogP contribution in [-0.2, 0) is 0 Å². The molecule has 0 amide bonds. The summed E-state index contributed by atoms with van der Waals surface area (Å²) < 4.78 is 0. The number of allylic oxidation sites excluding steroid dienone is 1. The Morgan fingerprint density at radius 3 is 1.89 bits per heavy atom. The lowest BCUT2D eigenvalue weighted by atomic mass is 10.4. The first-order valence-electron chi connectivity index (χ1n) is 3.72. The monoisotopic (exact) mass is 129 g/mol. The maximum Gasteiger partial charge on any atom is 0.0115 e. The van der Waals surface area contributed by atoms with Gasteiger partial charge >= 0.3 is 0 Å². The Labute approximate surface area is 59.2 Å². The van der Waals surface area contributed by atoms with Gasteiger partial charge in [-0.1, -0.05) is 27.4 Å². The van der Waals surface area contributed by atoms with Crippen LogP contribution in [0, 0.1) is 0 Å². The van der Waals surface area contributed by atoms with Crippen molar-refractivity contribution in [3.05, 3.63) is 12.3 Å². The molecule has 0 atom stereocenters. The Kier molecular flexibility index (Phi) is 13.3. The SMILES string of the molecule is C=C(CC)NCC.CC. The third-order valence-corrected chi connectivity index (χ3v) is 0.854. The number of rotatable bonds is 3. The molecule has 0 aliphatic carbocycles. The van der Waals surface area contributed by atoms with Crippen molar-refractivity contribution in [1.29, 1.82) is 0 Å². The van der Waals surface area contributed by atoms with E-state index in [1.54, 1.807) is 0 Å². The van der Waals surface area contributed by atoms with Gasteiger partial charge in [0.05, 0.1) is 0 Å². The van der Waals surface area contributed by atoms with Crippen LogP contribution in [0.4, 0.5) is 0 Å². The van der Waals surface area contributed by atoms with E-state index in [0.717, 1.165) is 18.7 Å². The summed E-state index contributed by atoms with van der Waals surface area (Å²) in [6, 6.07) is 0. The number of nitrogens with one attached hydrogen (secondary N) is 1. The van der Waals surface area contributed by atoms with E-state index in [1.165, 1.54) is 0 Å². The van der Waals surface area contributed by atoms with Crippen molar-refractivity contribution in [2.24, 2.45) is 0 Å².